The number of hydrogen-bond acceptors (Lipinski definition) is 2. The number of nitrogens with one attached hydrogen (secondary N) is 2. The fourth-order valence-electron chi connectivity index (χ4n) is 4.03. The molecular formula is C24H18FN3O. The topological polar surface area (TPSA) is 64.2 Å². The Morgan fingerprint density at radius 2 is 1.28 bits per heavy atom. The van der Waals surface area contributed by atoms with Gasteiger partial charge in [0.1, 0.15) is 5.82 Å². The summed E-state index contributed by atoms with van der Waals surface area (Å²) in [7, 11) is 0. The average Bonchev–Trinajstić information content (AvgIpc) is 3.37. The van der Waals surface area contributed by atoms with Gasteiger partial charge in [0.2, 0.25) is 0 Å². The SMILES string of the molecule is O/N=C(/c1ccc(F)cc1)C(c1c[nH]c2ccccc12)c1c[nH]c2ccccc12. The maximum atomic E-state index is 13.5. The molecule has 0 saturated carbocycles. The van der Waals surface area contributed by atoms with Gasteiger partial charge in [0.25, 0.3) is 0 Å². The van der Waals surface area contributed by atoms with E-state index in [2.05, 4.69) is 15.1 Å². The van der Waals surface area contributed by atoms with Gasteiger partial charge in [-0.15, -0.1) is 0 Å². The van der Waals surface area contributed by atoms with Gasteiger partial charge in [-0.1, -0.05) is 53.7 Å². The highest BCUT2D eigenvalue weighted by Crippen LogP contribution is 2.37. The predicted molar refractivity (Wildman–Crippen MR) is 113 cm³/mol. The second-order valence-electron chi connectivity index (χ2n) is 7.00. The summed E-state index contributed by atoms with van der Waals surface area (Å²) in [6, 6.07) is 22.1. The van der Waals surface area contributed by atoms with Crippen LogP contribution in [0.3, 0.4) is 0 Å². The van der Waals surface area contributed by atoms with Crippen LogP contribution in [0.1, 0.15) is 22.6 Å². The van der Waals surface area contributed by atoms with Crippen molar-refractivity contribution < 1.29 is 9.60 Å². The van der Waals surface area contributed by atoms with E-state index in [0.29, 0.717) is 11.3 Å². The fraction of sp³-hybridized carbons (Fsp3) is 0.0417. The molecule has 0 saturated heterocycles. The molecule has 0 amide bonds. The van der Waals surface area contributed by atoms with Crippen molar-refractivity contribution in [2.45, 2.75) is 5.92 Å². The molecule has 5 rings (SSSR count). The van der Waals surface area contributed by atoms with Crippen LogP contribution in [-0.2, 0) is 0 Å². The van der Waals surface area contributed by atoms with Gasteiger partial charge in [-0.25, -0.2) is 4.39 Å². The van der Waals surface area contributed by atoms with Crippen molar-refractivity contribution in [3.05, 3.63) is 108 Å². The molecule has 0 unspecified atom stereocenters. The van der Waals surface area contributed by atoms with Crippen LogP contribution < -0.4 is 0 Å². The summed E-state index contributed by atoms with van der Waals surface area (Å²) < 4.78 is 13.5. The number of aromatic amines is 2. The number of aromatic nitrogens is 2. The summed E-state index contributed by atoms with van der Waals surface area (Å²) in [6.45, 7) is 0. The van der Waals surface area contributed by atoms with Crippen LogP contribution >= 0.6 is 0 Å². The first-order valence-electron chi connectivity index (χ1n) is 9.36. The molecule has 29 heavy (non-hydrogen) atoms. The Hall–Kier alpha value is -3.86. The Kier molecular flexibility index (Phi) is 4.13. The van der Waals surface area contributed by atoms with Crippen molar-refractivity contribution in [2.75, 3.05) is 0 Å². The Bertz CT molecular complexity index is 1260. The Morgan fingerprint density at radius 3 is 1.79 bits per heavy atom. The first-order chi connectivity index (χ1) is 14.3. The van der Waals surface area contributed by atoms with Gasteiger partial charge in [-0.05, 0) is 35.4 Å². The maximum absolute atomic E-state index is 13.5. The van der Waals surface area contributed by atoms with Gasteiger partial charge in [-0.3, -0.25) is 0 Å². The van der Waals surface area contributed by atoms with E-state index < -0.39 is 0 Å². The molecule has 5 aromatic rings. The van der Waals surface area contributed by atoms with Gasteiger partial charge in [0.15, 0.2) is 0 Å². The van der Waals surface area contributed by atoms with Crippen molar-refractivity contribution in [3.63, 3.8) is 0 Å². The molecule has 0 atom stereocenters. The molecule has 0 radical (unpaired) electrons. The minimum atomic E-state index is -0.349. The largest absolute Gasteiger partial charge is 0.411 e. The first-order valence-corrected chi connectivity index (χ1v) is 9.36. The van der Waals surface area contributed by atoms with Crippen molar-refractivity contribution in [1.82, 2.24) is 9.97 Å². The van der Waals surface area contributed by atoms with Crippen molar-refractivity contribution in [1.29, 1.82) is 0 Å². The lowest BCUT2D eigenvalue weighted by Crippen LogP contribution is -2.15. The Morgan fingerprint density at radius 1 is 0.759 bits per heavy atom. The van der Waals surface area contributed by atoms with Gasteiger partial charge in [-0.2, -0.15) is 0 Å². The third kappa shape index (κ3) is 2.88. The van der Waals surface area contributed by atoms with E-state index in [9.17, 15) is 9.60 Å². The van der Waals surface area contributed by atoms with Crippen LogP contribution in [0.4, 0.5) is 4.39 Å². The number of oxime groups is 1. The molecule has 3 aromatic carbocycles. The van der Waals surface area contributed by atoms with Gasteiger partial charge < -0.3 is 15.2 Å². The highest BCUT2D eigenvalue weighted by Gasteiger charge is 2.27. The minimum absolute atomic E-state index is 0.332. The van der Waals surface area contributed by atoms with Gasteiger partial charge >= 0.3 is 0 Å². The zero-order valence-corrected chi connectivity index (χ0v) is 15.4. The lowest BCUT2D eigenvalue weighted by atomic mass is 9.84. The number of rotatable bonds is 4. The quantitative estimate of drug-likeness (QED) is 0.205. The second kappa shape index (κ2) is 6.95. The molecule has 4 nitrogen and oxygen atoms in total. The number of hydrogen-bond donors (Lipinski definition) is 3. The van der Waals surface area contributed by atoms with Crippen LogP contribution in [0.15, 0.2) is 90.3 Å². The van der Waals surface area contributed by atoms with Crippen molar-refractivity contribution in [3.8, 4) is 0 Å². The zero-order valence-electron chi connectivity index (χ0n) is 15.4. The molecule has 0 aliphatic carbocycles. The van der Waals surface area contributed by atoms with E-state index >= 15 is 0 Å². The zero-order chi connectivity index (χ0) is 19.8. The summed E-state index contributed by atoms with van der Waals surface area (Å²) in [5, 5.41) is 15.8. The normalized spacial score (nSPS) is 12.3. The van der Waals surface area contributed by atoms with Crippen LogP contribution in [0.5, 0.6) is 0 Å². The third-order valence-corrected chi connectivity index (χ3v) is 5.39. The molecule has 3 N–H and O–H groups in total. The minimum Gasteiger partial charge on any atom is -0.411 e. The van der Waals surface area contributed by atoms with Gasteiger partial charge in [0, 0.05) is 39.8 Å². The molecule has 2 heterocycles. The molecule has 5 heteroatoms. The highest BCUT2D eigenvalue weighted by atomic mass is 19.1. The summed E-state index contributed by atoms with van der Waals surface area (Å²) >= 11 is 0. The number of fused-ring (bicyclic) bond motifs is 2. The lowest BCUT2D eigenvalue weighted by Gasteiger charge is -2.18. The third-order valence-electron chi connectivity index (χ3n) is 5.39. The van der Waals surface area contributed by atoms with Crippen LogP contribution in [0.25, 0.3) is 21.8 Å². The Balaban J connectivity index is 1.78. The predicted octanol–water partition coefficient (Wildman–Crippen LogP) is 5.80. The molecule has 0 aliphatic rings. The van der Waals surface area contributed by atoms with Crippen LogP contribution in [-0.4, -0.2) is 20.9 Å². The summed E-state index contributed by atoms with van der Waals surface area (Å²) in [5.41, 5.74) is 5.10. The highest BCUT2D eigenvalue weighted by molar-refractivity contribution is 6.10. The fourth-order valence-corrected chi connectivity index (χ4v) is 4.03. The second-order valence-corrected chi connectivity index (χ2v) is 7.00. The summed E-state index contributed by atoms with van der Waals surface area (Å²) in [6.07, 6.45) is 3.90. The monoisotopic (exact) mass is 383 g/mol. The molecule has 0 spiro atoms. The van der Waals surface area contributed by atoms with Crippen LogP contribution in [0.2, 0.25) is 0 Å². The molecule has 0 aliphatic heterocycles. The van der Waals surface area contributed by atoms with E-state index in [1.165, 1.54) is 12.1 Å². The number of halogens is 1. The Labute approximate surface area is 166 Å². The molecule has 142 valence electrons. The standard InChI is InChI=1S/C24H18FN3O/c25-16-11-9-15(10-12-16)24(28-29)23(19-13-26-21-7-3-1-5-17(19)21)20-14-27-22-8-4-2-6-18(20)22/h1-14,23,26-27,29H/b28-24-. The van der Waals surface area contributed by atoms with E-state index in [-0.39, 0.29) is 11.7 Å². The van der Waals surface area contributed by atoms with Gasteiger partial charge in [0.05, 0.1) is 11.6 Å². The first kappa shape index (κ1) is 17.3. The molecular weight excluding hydrogens is 365 g/mol. The number of benzene rings is 3. The van der Waals surface area contributed by atoms with E-state index in [1.807, 2.05) is 60.9 Å². The average molecular weight is 383 g/mol. The number of para-hydroxylation sites is 2. The summed E-state index contributed by atoms with van der Waals surface area (Å²) in [5.74, 6) is -0.681. The molecule has 0 fully saturated rings. The maximum Gasteiger partial charge on any atom is 0.123 e. The van der Waals surface area contributed by atoms with Crippen molar-refractivity contribution in [2.24, 2.45) is 5.16 Å². The number of H-pyrrole nitrogens is 2. The smallest absolute Gasteiger partial charge is 0.123 e. The lowest BCUT2D eigenvalue weighted by molar-refractivity contribution is 0.317. The van der Waals surface area contributed by atoms with E-state index in [1.54, 1.807) is 12.1 Å². The molecule has 0 bridgehead atoms. The molecule has 2 aromatic heterocycles. The van der Waals surface area contributed by atoms with Crippen molar-refractivity contribution >= 4 is 27.5 Å². The summed E-state index contributed by atoms with van der Waals surface area (Å²) in [4.78, 5) is 6.62. The van der Waals surface area contributed by atoms with E-state index in [0.717, 1.165) is 32.9 Å². The van der Waals surface area contributed by atoms with Crippen LogP contribution in [0, 0.1) is 5.82 Å². The van der Waals surface area contributed by atoms with E-state index in [4.69, 9.17) is 0 Å². The number of nitrogens with zero attached hydrogens (tertiary/aromatic N) is 1.